The Balaban J connectivity index is 0.000000388. The minimum atomic E-state index is -0.000579. The first-order chi connectivity index (χ1) is 10.7. The van der Waals surface area contributed by atoms with Crippen LogP contribution < -0.4 is 18.9 Å². The van der Waals surface area contributed by atoms with Crippen molar-refractivity contribution in [1.29, 1.82) is 0 Å². The molecule has 3 rings (SSSR count). The Labute approximate surface area is 159 Å². The zero-order chi connectivity index (χ0) is 16.4. The van der Waals surface area contributed by atoms with Crippen molar-refractivity contribution < 1.29 is 23.7 Å². The van der Waals surface area contributed by atoms with Crippen LogP contribution in [0.25, 0.3) is 5.69 Å². The van der Waals surface area contributed by atoms with Gasteiger partial charge < -0.3 is 17.8 Å². The van der Waals surface area contributed by atoms with Gasteiger partial charge in [-0.25, -0.2) is 0 Å². The molecule has 23 heavy (non-hydrogen) atoms. The summed E-state index contributed by atoms with van der Waals surface area (Å²) in [6.45, 7) is 5.00. The van der Waals surface area contributed by atoms with Gasteiger partial charge >= 0.3 is 18.9 Å². The van der Waals surface area contributed by atoms with Gasteiger partial charge in [-0.15, -0.1) is 23.2 Å². The van der Waals surface area contributed by atoms with Crippen LogP contribution in [0.1, 0.15) is 19.8 Å². The van der Waals surface area contributed by atoms with Crippen LogP contribution in [0.5, 0.6) is 0 Å². The van der Waals surface area contributed by atoms with Crippen molar-refractivity contribution in [3.05, 3.63) is 48.9 Å². The molecular formula is C16H19ClLiN3OS-2. The molecule has 0 radical (unpaired) electrons. The quantitative estimate of drug-likeness (QED) is 0.609. The maximum absolute atomic E-state index is 10.1. The molecule has 7 heteroatoms. The first kappa shape index (κ1) is 22.3. The topological polar surface area (TPSA) is 47.8 Å². The molecule has 0 amide bonds. The van der Waals surface area contributed by atoms with Gasteiger partial charge in [0.25, 0.3) is 0 Å². The Morgan fingerprint density at radius 3 is 2.57 bits per heavy atom. The normalized spacial score (nSPS) is 13.4. The molecule has 0 saturated heterocycles. The van der Waals surface area contributed by atoms with E-state index in [1.54, 1.807) is 42.0 Å². The van der Waals surface area contributed by atoms with E-state index in [-0.39, 0.29) is 24.3 Å². The van der Waals surface area contributed by atoms with Gasteiger partial charge in [0.2, 0.25) is 0 Å². The molecule has 0 bridgehead atoms. The molecule has 1 aliphatic rings. The third-order valence-electron chi connectivity index (χ3n) is 2.90. The van der Waals surface area contributed by atoms with Crippen LogP contribution in [0.2, 0.25) is 5.15 Å². The Hall–Kier alpha value is -0.733. The van der Waals surface area contributed by atoms with Gasteiger partial charge in [-0.2, -0.15) is 23.8 Å². The van der Waals surface area contributed by atoms with Crippen molar-refractivity contribution in [3.8, 4) is 5.69 Å². The summed E-state index contributed by atoms with van der Waals surface area (Å²) in [4.78, 5) is 14.1. The second kappa shape index (κ2) is 11.7. The van der Waals surface area contributed by atoms with Gasteiger partial charge in [-0.05, 0) is 29.3 Å². The molecule has 4 nitrogen and oxygen atoms in total. The Bertz CT molecular complexity index is 561. The van der Waals surface area contributed by atoms with E-state index >= 15 is 0 Å². The van der Waals surface area contributed by atoms with Crippen LogP contribution in [0.15, 0.2) is 30.7 Å². The minimum Gasteiger partial charge on any atom is -0.541 e. The van der Waals surface area contributed by atoms with Gasteiger partial charge in [0.05, 0.1) is 11.9 Å². The number of hydrogen-bond donors (Lipinski definition) is 0. The van der Waals surface area contributed by atoms with Crippen LogP contribution in [-0.2, 0) is 4.79 Å². The second-order valence-corrected chi connectivity index (χ2v) is 5.76. The number of carbonyl (C=O) groups excluding carboxylic acids is 1. The first-order valence-corrected chi connectivity index (χ1v) is 8.58. The molecule has 1 saturated carbocycles. The van der Waals surface area contributed by atoms with Gasteiger partial charge in [0.1, 0.15) is 0 Å². The van der Waals surface area contributed by atoms with E-state index in [1.807, 2.05) is 18.4 Å². The number of nitrogens with zero attached hydrogens (tertiary/aromatic N) is 3. The molecule has 0 aliphatic heterocycles. The smallest absolute Gasteiger partial charge is 0.541 e. The third-order valence-corrected chi connectivity index (χ3v) is 3.93. The third kappa shape index (κ3) is 7.58. The van der Waals surface area contributed by atoms with E-state index in [4.69, 9.17) is 11.6 Å². The number of halogens is 1. The standard InChI is InChI=1S/C8H5ClN3.C6H9OS.C2H5.Li/c9-8-3-5-12(11-8)7-2-1-4-10-6-7;1-8-5-6(4-7)2-3-6;1-2;/h1-2,4-6H;2-3,5H2,1H3;1H2,2H3;/q3*-1;+1. The molecule has 1 aliphatic carbocycles. The molecule has 1 fully saturated rings. The average molecular weight is 344 g/mol. The van der Waals surface area contributed by atoms with Crippen LogP contribution in [0, 0.1) is 18.4 Å². The monoisotopic (exact) mass is 343 g/mol. The van der Waals surface area contributed by atoms with Crippen molar-refractivity contribution >= 4 is 29.6 Å². The van der Waals surface area contributed by atoms with Gasteiger partial charge in [-0.1, -0.05) is 12.8 Å². The van der Waals surface area contributed by atoms with Crippen molar-refractivity contribution in [3.63, 3.8) is 0 Å². The van der Waals surface area contributed by atoms with E-state index in [0.717, 1.165) is 24.3 Å². The van der Waals surface area contributed by atoms with E-state index in [2.05, 4.69) is 29.4 Å². The SMILES string of the molecule is CSCC1([C-]=O)CC1.Clc1[c-]cn(-c2cccnc2)n1.[CH2-]C.[Li+]. The Morgan fingerprint density at radius 1 is 1.52 bits per heavy atom. The van der Waals surface area contributed by atoms with Crippen LogP contribution in [0.4, 0.5) is 0 Å². The maximum atomic E-state index is 10.1. The van der Waals surface area contributed by atoms with E-state index in [9.17, 15) is 4.79 Å². The number of rotatable bonds is 4. The van der Waals surface area contributed by atoms with Crippen LogP contribution in [-0.4, -0.2) is 33.1 Å². The fraction of sp³-hybridized carbons (Fsp3) is 0.375. The molecule has 2 aromatic rings. The van der Waals surface area contributed by atoms with Crippen molar-refractivity contribution in [1.82, 2.24) is 14.8 Å². The number of hydrogen-bond acceptors (Lipinski definition) is 4. The summed E-state index contributed by atoms with van der Waals surface area (Å²) in [5.74, 6) is 0.969. The predicted octanol–water partition coefficient (Wildman–Crippen LogP) is 0.805. The van der Waals surface area contributed by atoms with Gasteiger partial charge in [-0.3, -0.25) is 16.0 Å². The minimum absolute atomic E-state index is 0. The van der Waals surface area contributed by atoms with E-state index < -0.39 is 0 Å². The summed E-state index contributed by atoms with van der Waals surface area (Å²) in [5, 5.41) is 4.33. The van der Waals surface area contributed by atoms with Crippen LogP contribution in [0.3, 0.4) is 0 Å². The summed E-state index contributed by atoms with van der Waals surface area (Å²) in [7, 11) is 0. The van der Waals surface area contributed by atoms with Gasteiger partial charge in [0.15, 0.2) is 0 Å². The fourth-order valence-corrected chi connectivity index (χ4v) is 2.62. The molecule has 0 aromatic carbocycles. The Morgan fingerprint density at radius 2 is 2.22 bits per heavy atom. The summed E-state index contributed by atoms with van der Waals surface area (Å²) >= 11 is 7.34. The first-order valence-electron chi connectivity index (χ1n) is 6.81. The molecule has 0 spiro atoms. The second-order valence-electron chi connectivity index (χ2n) is 4.54. The summed E-state index contributed by atoms with van der Waals surface area (Å²) in [6, 6.07) is 6.49. The summed E-state index contributed by atoms with van der Waals surface area (Å²) < 4.78 is 1.62. The fourth-order valence-electron chi connectivity index (χ4n) is 1.59. The van der Waals surface area contributed by atoms with Crippen molar-refractivity contribution in [2.45, 2.75) is 19.8 Å². The van der Waals surface area contributed by atoms with E-state index in [0.29, 0.717) is 5.15 Å². The average Bonchev–Trinajstić information content (AvgIpc) is 3.22. The van der Waals surface area contributed by atoms with E-state index in [1.165, 1.54) is 0 Å². The number of pyridine rings is 1. The number of aromatic nitrogens is 3. The molecule has 2 heterocycles. The summed E-state index contributed by atoms with van der Waals surface area (Å²) in [5.41, 5.74) is 0.875. The van der Waals surface area contributed by atoms with Gasteiger partial charge in [0, 0.05) is 6.20 Å². The Kier molecular flexibility index (Phi) is 11.4. The molecule has 0 N–H and O–H groups in total. The van der Waals surface area contributed by atoms with Crippen LogP contribution >= 0.6 is 23.4 Å². The zero-order valence-corrected chi connectivity index (χ0v) is 15.3. The molecule has 120 valence electrons. The molecular weight excluding hydrogens is 325 g/mol. The zero-order valence-electron chi connectivity index (χ0n) is 13.8. The predicted molar refractivity (Wildman–Crippen MR) is 92.0 cm³/mol. The van der Waals surface area contributed by atoms with Crippen molar-refractivity contribution in [2.24, 2.45) is 5.41 Å². The maximum Gasteiger partial charge on any atom is 1.00 e. The van der Waals surface area contributed by atoms with Crippen molar-refractivity contribution in [2.75, 3.05) is 12.0 Å². The number of thioether (sulfide) groups is 1. The molecule has 2 aromatic heterocycles. The molecule has 0 atom stereocenters. The molecule has 0 unspecified atom stereocenters. The summed E-state index contributed by atoms with van der Waals surface area (Å²) in [6.07, 6.45) is 11.3. The largest absolute Gasteiger partial charge is 1.00 e.